The van der Waals surface area contributed by atoms with Crippen molar-refractivity contribution in [2.45, 2.75) is 31.6 Å². The van der Waals surface area contributed by atoms with Crippen molar-refractivity contribution < 1.29 is 9.32 Å². The summed E-state index contributed by atoms with van der Waals surface area (Å²) in [7, 11) is 0. The first-order valence-corrected chi connectivity index (χ1v) is 9.09. The smallest absolute Gasteiger partial charge is 0.227 e. The zero-order chi connectivity index (χ0) is 16.9. The van der Waals surface area contributed by atoms with Gasteiger partial charge in [-0.3, -0.25) is 4.79 Å². The molecule has 24 heavy (non-hydrogen) atoms. The summed E-state index contributed by atoms with van der Waals surface area (Å²) in [6, 6.07) is 7.59. The molecule has 0 fully saturated rings. The zero-order valence-corrected chi connectivity index (χ0v) is 14.4. The van der Waals surface area contributed by atoms with Crippen molar-refractivity contribution in [3.8, 4) is 0 Å². The van der Waals surface area contributed by atoms with Gasteiger partial charge in [0.25, 0.3) is 0 Å². The monoisotopic (exact) mass is 345 g/mol. The molecule has 0 radical (unpaired) electrons. The number of hydrogen-bond donors (Lipinski definition) is 2. The highest BCUT2D eigenvalue weighted by atomic mass is 32.2. The number of imidazole rings is 1. The van der Waals surface area contributed by atoms with Gasteiger partial charge in [-0.2, -0.15) is 16.7 Å². The van der Waals surface area contributed by atoms with E-state index in [1.54, 1.807) is 11.8 Å². The van der Waals surface area contributed by atoms with Crippen molar-refractivity contribution in [2.24, 2.45) is 0 Å². The number of carbonyl (C=O) groups is 1. The Bertz CT molecular complexity index is 796. The molecule has 1 amide bonds. The van der Waals surface area contributed by atoms with Gasteiger partial charge in [-0.1, -0.05) is 17.3 Å². The van der Waals surface area contributed by atoms with Crippen LogP contribution in [0.4, 0.5) is 0 Å². The van der Waals surface area contributed by atoms with Gasteiger partial charge >= 0.3 is 0 Å². The van der Waals surface area contributed by atoms with Crippen LogP contribution in [0.15, 0.2) is 28.8 Å². The Morgan fingerprint density at radius 2 is 2.21 bits per heavy atom. The van der Waals surface area contributed by atoms with Crippen molar-refractivity contribution in [2.75, 3.05) is 6.26 Å². The predicted octanol–water partition coefficient (Wildman–Crippen LogP) is 2.62. The number of nitrogens with zero attached hydrogens (tertiary/aromatic N) is 3. The Morgan fingerprint density at radius 1 is 1.38 bits per heavy atom. The lowest BCUT2D eigenvalue weighted by Gasteiger charge is -2.10. The zero-order valence-electron chi connectivity index (χ0n) is 13.6. The topological polar surface area (TPSA) is 96.7 Å². The van der Waals surface area contributed by atoms with Gasteiger partial charge in [0.2, 0.25) is 11.8 Å². The summed E-state index contributed by atoms with van der Waals surface area (Å²) in [5.74, 6) is 2.52. The molecule has 2 heterocycles. The Morgan fingerprint density at radius 3 is 3.00 bits per heavy atom. The van der Waals surface area contributed by atoms with Crippen LogP contribution in [0.1, 0.15) is 36.9 Å². The van der Waals surface area contributed by atoms with E-state index in [4.69, 9.17) is 4.52 Å². The minimum Gasteiger partial charge on any atom is -0.346 e. The number of aromatic nitrogens is 4. The van der Waals surface area contributed by atoms with E-state index in [0.717, 1.165) is 16.9 Å². The van der Waals surface area contributed by atoms with E-state index in [-0.39, 0.29) is 11.9 Å². The van der Waals surface area contributed by atoms with E-state index in [2.05, 4.69) is 25.4 Å². The molecule has 0 aliphatic heterocycles. The van der Waals surface area contributed by atoms with Gasteiger partial charge in [-0.05, 0) is 25.3 Å². The minimum atomic E-state index is -0.195. The molecular weight excluding hydrogens is 326 g/mol. The second kappa shape index (κ2) is 7.48. The minimum absolute atomic E-state index is 0.0763. The Hall–Kier alpha value is -2.35. The maximum atomic E-state index is 12.1. The maximum absolute atomic E-state index is 12.1. The van der Waals surface area contributed by atoms with Crippen LogP contribution >= 0.6 is 11.8 Å². The number of benzene rings is 1. The van der Waals surface area contributed by atoms with Crippen molar-refractivity contribution >= 4 is 28.7 Å². The number of thioether (sulfide) groups is 1. The van der Waals surface area contributed by atoms with E-state index in [0.29, 0.717) is 30.3 Å². The summed E-state index contributed by atoms with van der Waals surface area (Å²) < 4.78 is 5.12. The van der Waals surface area contributed by atoms with E-state index >= 15 is 0 Å². The third kappa shape index (κ3) is 3.94. The summed E-state index contributed by atoms with van der Waals surface area (Å²) in [6.45, 7) is 1.90. The molecule has 0 unspecified atom stereocenters. The number of H-pyrrole nitrogens is 1. The van der Waals surface area contributed by atoms with Gasteiger partial charge in [-0.25, -0.2) is 4.98 Å². The predicted molar refractivity (Wildman–Crippen MR) is 92.5 cm³/mol. The molecule has 0 saturated heterocycles. The van der Waals surface area contributed by atoms with E-state index in [1.165, 1.54) is 0 Å². The van der Waals surface area contributed by atoms with Gasteiger partial charge in [0.05, 0.1) is 22.8 Å². The molecule has 0 spiro atoms. The van der Waals surface area contributed by atoms with Crippen LogP contribution in [0.2, 0.25) is 0 Å². The van der Waals surface area contributed by atoms with Crippen LogP contribution in [0, 0.1) is 0 Å². The number of rotatable bonds is 7. The average molecular weight is 345 g/mol. The number of carbonyl (C=O) groups excluding carboxylic acids is 1. The van der Waals surface area contributed by atoms with Crippen LogP contribution in [0.3, 0.4) is 0 Å². The lowest BCUT2D eigenvalue weighted by atomic mass is 10.2. The molecule has 0 aliphatic carbocycles. The molecule has 0 saturated carbocycles. The van der Waals surface area contributed by atoms with E-state index in [1.807, 2.05) is 37.4 Å². The maximum Gasteiger partial charge on any atom is 0.227 e. The number of fused-ring (bicyclic) bond motifs is 1. The molecule has 0 bridgehead atoms. The highest BCUT2D eigenvalue weighted by Crippen LogP contribution is 2.15. The largest absolute Gasteiger partial charge is 0.346 e. The number of nitrogens with one attached hydrogen (secondary N) is 2. The highest BCUT2D eigenvalue weighted by molar-refractivity contribution is 7.97. The molecule has 8 heteroatoms. The van der Waals surface area contributed by atoms with Crippen LogP contribution < -0.4 is 5.32 Å². The number of amides is 1. The third-order valence-electron chi connectivity index (χ3n) is 3.54. The quantitative estimate of drug-likeness (QED) is 0.683. The molecule has 7 nitrogen and oxygen atoms in total. The van der Waals surface area contributed by atoms with Crippen LogP contribution in [-0.2, 0) is 17.0 Å². The molecule has 2 aromatic heterocycles. The second-order valence-corrected chi connectivity index (χ2v) is 6.33. The lowest BCUT2D eigenvalue weighted by molar-refractivity contribution is -0.121. The van der Waals surface area contributed by atoms with Crippen LogP contribution in [-0.4, -0.2) is 32.3 Å². The summed E-state index contributed by atoms with van der Waals surface area (Å²) in [4.78, 5) is 24.1. The number of aromatic amines is 1. The average Bonchev–Trinajstić information content (AvgIpc) is 3.19. The first-order chi connectivity index (χ1) is 11.7. The first-order valence-electron chi connectivity index (χ1n) is 7.70. The standard InChI is InChI=1S/C16H19N5O2S/c1-10(16-18-11-5-3-4-6-12(11)19-16)17-14(22)7-8-15-20-13(9-24-2)21-23-15/h3-6,10H,7-9H2,1-2H3,(H,17,22)(H,18,19)/t10-/m1/s1. The summed E-state index contributed by atoms with van der Waals surface area (Å²) >= 11 is 1.63. The van der Waals surface area contributed by atoms with Crippen molar-refractivity contribution in [3.05, 3.63) is 41.8 Å². The van der Waals surface area contributed by atoms with E-state index in [9.17, 15) is 4.79 Å². The molecule has 3 aromatic rings. The first kappa shape index (κ1) is 16.5. The molecule has 1 aromatic carbocycles. The van der Waals surface area contributed by atoms with Crippen LogP contribution in [0.5, 0.6) is 0 Å². The van der Waals surface area contributed by atoms with Gasteiger partial charge in [0.15, 0.2) is 5.82 Å². The van der Waals surface area contributed by atoms with Crippen molar-refractivity contribution in [3.63, 3.8) is 0 Å². The normalized spacial score (nSPS) is 12.4. The molecule has 3 rings (SSSR count). The Kier molecular flexibility index (Phi) is 5.14. The van der Waals surface area contributed by atoms with Gasteiger partial charge in [0.1, 0.15) is 5.82 Å². The van der Waals surface area contributed by atoms with Crippen LogP contribution in [0.25, 0.3) is 11.0 Å². The SMILES string of the molecule is CSCc1noc(CCC(=O)N[C@H](C)c2nc3ccccc3[nH]2)n1. The fraction of sp³-hybridized carbons (Fsp3) is 0.375. The molecular formula is C16H19N5O2S. The van der Waals surface area contributed by atoms with Crippen molar-refractivity contribution in [1.29, 1.82) is 0 Å². The lowest BCUT2D eigenvalue weighted by Crippen LogP contribution is -2.27. The fourth-order valence-electron chi connectivity index (χ4n) is 2.36. The molecule has 2 N–H and O–H groups in total. The Balaban J connectivity index is 1.53. The number of aryl methyl sites for hydroxylation is 1. The van der Waals surface area contributed by atoms with Gasteiger partial charge in [0, 0.05) is 12.8 Å². The van der Waals surface area contributed by atoms with Gasteiger partial charge < -0.3 is 14.8 Å². The van der Waals surface area contributed by atoms with Gasteiger partial charge in [-0.15, -0.1) is 0 Å². The summed E-state index contributed by atoms with van der Waals surface area (Å²) in [6.07, 6.45) is 2.70. The van der Waals surface area contributed by atoms with Crippen molar-refractivity contribution in [1.82, 2.24) is 25.4 Å². The molecule has 126 valence electrons. The molecule has 0 aliphatic rings. The fourth-order valence-corrected chi connectivity index (χ4v) is 2.73. The van der Waals surface area contributed by atoms with E-state index < -0.39 is 0 Å². The third-order valence-corrected chi connectivity index (χ3v) is 4.09. The number of para-hydroxylation sites is 2. The number of hydrogen-bond acceptors (Lipinski definition) is 6. The Labute approximate surface area is 143 Å². The second-order valence-electron chi connectivity index (χ2n) is 5.47. The summed E-state index contributed by atoms with van der Waals surface area (Å²) in [5, 5.41) is 6.80. The molecule has 1 atom stereocenters. The summed E-state index contributed by atoms with van der Waals surface area (Å²) in [5.41, 5.74) is 1.85. The highest BCUT2D eigenvalue weighted by Gasteiger charge is 2.15.